The Balaban J connectivity index is 1.83. The predicted molar refractivity (Wildman–Crippen MR) is 120 cm³/mol. The van der Waals surface area contributed by atoms with Crippen LogP contribution >= 0.6 is 11.6 Å². The van der Waals surface area contributed by atoms with Crippen molar-refractivity contribution < 1.29 is 13.2 Å². The van der Waals surface area contributed by atoms with Crippen LogP contribution in [0.1, 0.15) is 59.8 Å². The van der Waals surface area contributed by atoms with E-state index in [0.717, 1.165) is 29.5 Å². The molecule has 2 aromatic rings. The second kappa shape index (κ2) is 9.08. The zero-order valence-electron chi connectivity index (χ0n) is 17.9. The third-order valence-electron chi connectivity index (χ3n) is 5.80. The average Bonchev–Trinajstić information content (AvgIpc) is 2.68. The normalized spacial score (nSPS) is 17.0. The first-order valence-corrected chi connectivity index (χ1v) is 12.1. The Morgan fingerprint density at radius 2 is 1.80 bits per heavy atom. The lowest BCUT2D eigenvalue weighted by Gasteiger charge is -2.29. The third-order valence-corrected chi connectivity index (χ3v) is 8.03. The fraction of sp³-hybridized carbons (Fsp3) is 0.435. The lowest BCUT2D eigenvalue weighted by molar-refractivity contribution is 0.0939. The van der Waals surface area contributed by atoms with E-state index in [-0.39, 0.29) is 21.5 Å². The molecule has 1 amide bonds. The number of piperidine rings is 1. The highest BCUT2D eigenvalue weighted by atomic mass is 35.5. The summed E-state index contributed by atoms with van der Waals surface area (Å²) in [6.45, 7) is 9.05. The molecule has 7 heteroatoms. The van der Waals surface area contributed by atoms with Crippen LogP contribution in [-0.4, -0.2) is 31.7 Å². The minimum absolute atomic E-state index is 0.103. The van der Waals surface area contributed by atoms with Crippen LogP contribution in [0.15, 0.2) is 41.3 Å². The first-order valence-electron chi connectivity index (χ1n) is 10.3. The summed E-state index contributed by atoms with van der Waals surface area (Å²) in [6, 6.07) is 10.2. The Labute approximate surface area is 184 Å². The Kier molecular flexibility index (Phi) is 6.90. The lowest BCUT2D eigenvalue weighted by Crippen LogP contribution is -2.38. The summed E-state index contributed by atoms with van der Waals surface area (Å²) in [5.74, 6) is 0.131. The summed E-state index contributed by atoms with van der Waals surface area (Å²) in [6.07, 6.45) is 1.68. The number of nitrogens with zero attached hydrogens (tertiary/aromatic N) is 1. The molecular weight excluding hydrogens is 420 g/mol. The van der Waals surface area contributed by atoms with Crippen molar-refractivity contribution in [3.8, 4) is 0 Å². The molecule has 5 nitrogen and oxygen atoms in total. The second-order valence-electron chi connectivity index (χ2n) is 8.28. The van der Waals surface area contributed by atoms with Gasteiger partial charge in [-0.1, -0.05) is 42.3 Å². The maximum atomic E-state index is 13.1. The van der Waals surface area contributed by atoms with Crippen molar-refractivity contribution in [3.05, 3.63) is 63.7 Å². The molecule has 0 radical (unpaired) electrons. The Hall–Kier alpha value is -1.89. The number of carbonyl (C=O) groups is 1. The van der Waals surface area contributed by atoms with Gasteiger partial charge < -0.3 is 5.32 Å². The first-order chi connectivity index (χ1) is 14.1. The van der Waals surface area contributed by atoms with E-state index in [1.54, 1.807) is 0 Å². The highest BCUT2D eigenvalue weighted by Gasteiger charge is 2.29. The highest BCUT2D eigenvalue weighted by molar-refractivity contribution is 7.89. The van der Waals surface area contributed by atoms with E-state index in [1.165, 1.54) is 22.5 Å². The van der Waals surface area contributed by atoms with Crippen molar-refractivity contribution in [1.29, 1.82) is 0 Å². The van der Waals surface area contributed by atoms with Gasteiger partial charge in [0.25, 0.3) is 5.91 Å². The van der Waals surface area contributed by atoms with Gasteiger partial charge >= 0.3 is 0 Å². The molecule has 1 aliphatic rings. The number of halogens is 1. The van der Waals surface area contributed by atoms with Gasteiger partial charge in [0, 0.05) is 13.1 Å². The Bertz CT molecular complexity index is 1040. The molecule has 1 N–H and O–H groups in total. The van der Waals surface area contributed by atoms with Crippen molar-refractivity contribution in [2.75, 3.05) is 13.1 Å². The fourth-order valence-electron chi connectivity index (χ4n) is 3.88. The van der Waals surface area contributed by atoms with E-state index < -0.39 is 15.9 Å². The number of aryl methyl sites for hydroxylation is 2. The molecule has 1 atom stereocenters. The van der Waals surface area contributed by atoms with E-state index in [2.05, 4.69) is 18.3 Å². The molecule has 162 valence electrons. The minimum atomic E-state index is -3.66. The Morgan fingerprint density at radius 3 is 2.43 bits per heavy atom. The number of carbonyl (C=O) groups excluding carboxylic acids is 1. The molecule has 0 saturated carbocycles. The quantitative estimate of drug-likeness (QED) is 0.709. The maximum Gasteiger partial charge on any atom is 0.253 e. The number of benzene rings is 2. The fourth-order valence-corrected chi connectivity index (χ4v) is 5.58. The number of nitrogens with one attached hydrogen (secondary N) is 1. The van der Waals surface area contributed by atoms with Crippen LogP contribution in [0.4, 0.5) is 0 Å². The van der Waals surface area contributed by atoms with Crippen LogP contribution in [0.5, 0.6) is 0 Å². The number of rotatable bonds is 5. The first kappa shape index (κ1) is 22.8. The molecule has 2 aromatic carbocycles. The van der Waals surface area contributed by atoms with Crippen molar-refractivity contribution in [1.82, 2.24) is 9.62 Å². The molecule has 1 heterocycles. The van der Waals surface area contributed by atoms with Crippen LogP contribution in [0.3, 0.4) is 0 Å². The molecule has 1 fully saturated rings. The van der Waals surface area contributed by atoms with Crippen molar-refractivity contribution in [2.24, 2.45) is 5.92 Å². The molecule has 30 heavy (non-hydrogen) atoms. The van der Waals surface area contributed by atoms with Gasteiger partial charge in [-0.2, -0.15) is 4.31 Å². The minimum Gasteiger partial charge on any atom is -0.345 e. The van der Waals surface area contributed by atoms with Crippen LogP contribution in [-0.2, 0) is 10.0 Å². The number of hydrogen-bond acceptors (Lipinski definition) is 3. The summed E-state index contributed by atoms with van der Waals surface area (Å²) in [5.41, 5.74) is 3.42. The monoisotopic (exact) mass is 448 g/mol. The molecular formula is C23H29ClN2O3S. The van der Waals surface area contributed by atoms with E-state index >= 15 is 0 Å². The van der Waals surface area contributed by atoms with Crippen LogP contribution in [0, 0.1) is 19.8 Å². The van der Waals surface area contributed by atoms with Gasteiger partial charge in [0.2, 0.25) is 10.0 Å². The van der Waals surface area contributed by atoms with Crippen molar-refractivity contribution in [3.63, 3.8) is 0 Å². The average molecular weight is 449 g/mol. The lowest BCUT2D eigenvalue weighted by atomic mass is 10.00. The predicted octanol–water partition coefficient (Wildman–Crippen LogP) is 4.87. The topological polar surface area (TPSA) is 66.5 Å². The second-order valence-corrected chi connectivity index (χ2v) is 10.6. The standard InChI is InChI=1S/C23H29ClN2O3S/c1-15-9-11-26(12-10-15)30(28,29)19-6-8-22(24)21(14-19)23(27)25-18(4)20-7-5-16(2)13-17(20)3/h5-8,13-15,18H,9-12H2,1-4H3,(H,25,27)/t18-/m1/s1. The van der Waals surface area contributed by atoms with Gasteiger partial charge in [0.1, 0.15) is 0 Å². The molecule has 1 saturated heterocycles. The molecule has 0 unspecified atom stereocenters. The van der Waals surface area contributed by atoms with Gasteiger partial charge in [-0.05, 0) is 68.9 Å². The van der Waals surface area contributed by atoms with Gasteiger partial charge in [-0.15, -0.1) is 0 Å². The molecule has 0 aliphatic carbocycles. The van der Waals surface area contributed by atoms with Gasteiger partial charge in [-0.25, -0.2) is 8.42 Å². The van der Waals surface area contributed by atoms with E-state index in [1.807, 2.05) is 32.9 Å². The zero-order chi connectivity index (χ0) is 22.1. The van der Waals surface area contributed by atoms with Crippen LogP contribution in [0.2, 0.25) is 5.02 Å². The molecule has 1 aliphatic heterocycles. The largest absolute Gasteiger partial charge is 0.345 e. The molecule has 3 rings (SSSR count). The smallest absolute Gasteiger partial charge is 0.253 e. The number of hydrogen-bond donors (Lipinski definition) is 1. The maximum absolute atomic E-state index is 13.1. The summed E-state index contributed by atoms with van der Waals surface area (Å²) < 4.78 is 27.6. The molecule has 0 spiro atoms. The summed E-state index contributed by atoms with van der Waals surface area (Å²) in [7, 11) is -3.66. The molecule has 0 aromatic heterocycles. The van der Waals surface area contributed by atoms with Crippen LogP contribution in [0.25, 0.3) is 0 Å². The number of sulfonamides is 1. The summed E-state index contributed by atoms with van der Waals surface area (Å²) >= 11 is 6.26. The zero-order valence-corrected chi connectivity index (χ0v) is 19.5. The Morgan fingerprint density at radius 1 is 1.13 bits per heavy atom. The van der Waals surface area contributed by atoms with E-state index in [0.29, 0.717) is 19.0 Å². The van der Waals surface area contributed by atoms with Crippen LogP contribution < -0.4 is 5.32 Å². The molecule has 0 bridgehead atoms. The SMILES string of the molecule is Cc1ccc([C@@H](C)NC(=O)c2cc(S(=O)(=O)N3CCC(C)CC3)ccc2Cl)c(C)c1. The van der Waals surface area contributed by atoms with E-state index in [4.69, 9.17) is 11.6 Å². The summed E-state index contributed by atoms with van der Waals surface area (Å²) in [5, 5.41) is 3.17. The van der Waals surface area contributed by atoms with Gasteiger partial charge in [0.15, 0.2) is 0 Å². The van der Waals surface area contributed by atoms with E-state index in [9.17, 15) is 13.2 Å². The highest BCUT2D eigenvalue weighted by Crippen LogP contribution is 2.27. The number of amides is 1. The third kappa shape index (κ3) is 4.88. The van der Waals surface area contributed by atoms with Gasteiger partial charge in [-0.3, -0.25) is 4.79 Å². The van der Waals surface area contributed by atoms with Crippen molar-refractivity contribution >= 4 is 27.5 Å². The van der Waals surface area contributed by atoms with Crippen molar-refractivity contribution in [2.45, 2.75) is 51.5 Å². The summed E-state index contributed by atoms with van der Waals surface area (Å²) in [4.78, 5) is 13.0. The van der Waals surface area contributed by atoms with Gasteiger partial charge in [0.05, 0.1) is 21.5 Å².